The predicted molar refractivity (Wildman–Crippen MR) is 122 cm³/mol. The van der Waals surface area contributed by atoms with Gasteiger partial charge in [0, 0.05) is 17.8 Å². The van der Waals surface area contributed by atoms with Crippen molar-refractivity contribution in [3.05, 3.63) is 77.8 Å². The molecule has 0 aliphatic rings. The molecule has 0 atom stereocenters. The molecule has 12 heteroatoms. The van der Waals surface area contributed by atoms with Crippen LogP contribution < -0.4 is 15.4 Å². The van der Waals surface area contributed by atoms with Crippen LogP contribution in [0.15, 0.2) is 59.9 Å². The van der Waals surface area contributed by atoms with Crippen molar-refractivity contribution in [1.29, 1.82) is 0 Å². The number of hydrogen-bond acceptors (Lipinski definition) is 8. The number of sulfonamides is 1. The van der Waals surface area contributed by atoms with E-state index < -0.39 is 15.8 Å². The van der Waals surface area contributed by atoms with Gasteiger partial charge in [0.05, 0.1) is 11.1 Å². The molecule has 170 valence electrons. The van der Waals surface area contributed by atoms with Crippen molar-refractivity contribution in [2.75, 3.05) is 17.7 Å². The van der Waals surface area contributed by atoms with Gasteiger partial charge in [-0.05, 0) is 49.4 Å². The van der Waals surface area contributed by atoms with E-state index in [4.69, 9.17) is 0 Å². The van der Waals surface area contributed by atoms with Gasteiger partial charge in [-0.1, -0.05) is 18.2 Å². The zero-order chi connectivity index (χ0) is 23.4. The molecule has 0 bridgehead atoms. The number of nitrogens with zero attached hydrogens (tertiary/aromatic N) is 4. The maximum atomic E-state index is 14.3. The van der Waals surface area contributed by atoms with Gasteiger partial charge in [0.2, 0.25) is 16.0 Å². The number of rotatable bonds is 8. The van der Waals surface area contributed by atoms with Crippen LogP contribution in [0.3, 0.4) is 0 Å². The summed E-state index contributed by atoms with van der Waals surface area (Å²) >= 11 is 0. The lowest BCUT2D eigenvalue weighted by molar-refractivity contribution is 0.587. The fourth-order valence-electron chi connectivity index (χ4n) is 3.07. The Labute approximate surface area is 189 Å². The molecule has 0 spiro atoms. The number of hydrogen-bond donors (Lipinski definition) is 4. The van der Waals surface area contributed by atoms with E-state index in [1.54, 1.807) is 31.2 Å². The first-order chi connectivity index (χ1) is 15.8. The average Bonchev–Trinajstić information content (AvgIpc) is 3.31. The first-order valence-corrected chi connectivity index (χ1v) is 11.4. The van der Waals surface area contributed by atoms with Crippen LogP contribution in [0.1, 0.15) is 17.0 Å². The third kappa shape index (κ3) is 5.30. The lowest BCUT2D eigenvalue weighted by Gasteiger charge is -2.12. The van der Waals surface area contributed by atoms with Crippen molar-refractivity contribution < 1.29 is 12.8 Å². The minimum atomic E-state index is -3.63. The number of aromatic amines is 1. The molecular weight excluding hydrogens is 447 g/mol. The summed E-state index contributed by atoms with van der Waals surface area (Å²) in [6.45, 7) is 1.70. The van der Waals surface area contributed by atoms with Crippen molar-refractivity contribution >= 4 is 33.2 Å². The van der Waals surface area contributed by atoms with Gasteiger partial charge in [-0.3, -0.25) is 5.10 Å². The molecule has 10 nitrogen and oxygen atoms in total. The molecule has 2 aromatic heterocycles. The van der Waals surface area contributed by atoms with E-state index in [0.29, 0.717) is 23.4 Å². The minimum Gasteiger partial charge on any atom is -0.338 e. The first kappa shape index (κ1) is 22.3. The monoisotopic (exact) mass is 468 g/mol. The maximum absolute atomic E-state index is 14.3. The van der Waals surface area contributed by atoms with Gasteiger partial charge in [-0.25, -0.2) is 27.5 Å². The molecule has 33 heavy (non-hydrogen) atoms. The smallest absolute Gasteiger partial charge is 0.240 e. The molecule has 4 N–H and O–H groups in total. The van der Waals surface area contributed by atoms with Crippen LogP contribution in [-0.2, 0) is 16.4 Å². The molecule has 0 unspecified atom stereocenters. The standard InChI is InChI=1S/C21H21FN8O2S/c1-13-3-6-16(10-18(13)33(31,32)23-2)28-21-24-11-17(22)20(29-21)27-15-7-4-14(5-8-15)9-19-25-12-26-30-19/h3-8,10-12,23H,9H2,1-2H3,(H,25,26,30)(H2,24,27,28,29). The number of benzene rings is 2. The highest BCUT2D eigenvalue weighted by atomic mass is 32.2. The van der Waals surface area contributed by atoms with E-state index in [1.165, 1.54) is 19.4 Å². The van der Waals surface area contributed by atoms with E-state index in [0.717, 1.165) is 17.6 Å². The molecule has 2 heterocycles. The highest BCUT2D eigenvalue weighted by molar-refractivity contribution is 7.89. The highest BCUT2D eigenvalue weighted by Crippen LogP contribution is 2.24. The van der Waals surface area contributed by atoms with Gasteiger partial charge in [0.1, 0.15) is 12.2 Å². The largest absolute Gasteiger partial charge is 0.338 e. The number of nitrogens with one attached hydrogen (secondary N) is 4. The zero-order valence-electron chi connectivity index (χ0n) is 17.8. The van der Waals surface area contributed by atoms with Crippen molar-refractivity contribution in [2.45, 2.75) is 18.2 Å². The van der Waals surface area contributed by atoms with Gasteiger partial charge < -0.3 is 10.6 Å². The van der Waals surface area contributed by atoms with Crippen LogP contribution in [0.2, 0.25) is 0 Å². The molecule has 0 radical (unpaired) electrons. The number of H-pyrrole nitrogens is 1. The topological polar surface area (TPSA) is 138 Å². The van der Waals surface area contributed by atoms with E-state index in [2.05, 4.69) is 40.5 Å². The van der Waals surface area contributed by atoms with Crippen LogP contribution in [0.5, 0.6) is 0 Å². The Morgan fingerprint density at radius 3 is 2.48 bits per heavy atom. The maximum Gasteiger partial charge on any atom is 0.240 e. The molecule has 2 aromatic carbocycles. The van der Waals surface area contributed by atoms with Gasteiger partial charge in [-0.2, -0.15) is 10.1 Å². The van der Waals surface area contributed by atoms with E-state index >= 15 is 0 Å². The minimum absolute atomic E-state index is 0.0225. The van der Waals surface area contributed by atoms with Crippen LogP contribution >= 0.6 is 0 Å². The van der Waals surface area contributed by atoms with Gasteiger partial charge in [0.15, 0.2) is 11.6 Å². The second-order valence-electron chi connectivity index (χ2n) is 7.13. The van der Waals surface area contributed by atoms with Crippen molar-refractivity contribution in [3.63, 3.8) is 0 Å². The normalized spacial score (nSPS) is 11.4. The quantitative estimate of drug-likeness (QED) is 0.310. The van der Waals surface area contributed by atoms with E-state index in [1.807, 2.05) is 12.1 Å². The highest BCUT2D eigenvalue weighted by Gasteiger charge is 2.16. The summed E-state index contributed by atoms with van der Waals surface area (Å²) in [6, 6.07) is 12.2. The first-order valence-electron chi connectivity index (χ1n) is 9.88. The van der Waals surface area contributed by atoms with Crippen LogP contribution in [0.25, 0.3) is 0 Å². The zero-order valence-corrected chi connectivity index (χ0v) is 18.6. The second kappa shape index (κ2) is 9.30. The predicted octanol–water partition coefficient (Wildman–Crippen LogP) is 3.03. The summed E-state index contributed by atoms with van der Waals surface area (Å²) in [5, 5.41) is 12.5. The van der Waals surface area contributed by atoms with Crippen LogP contribution in [0, 0.1) is 12.7 Å². The Morgan fingerprint density at radius 2 is 1.79 bits per heavy atom. The average molecular weight is 469 g/mol. The molecular formula is C21H21FN8O2S. The number of aryl methyl sites for hydroxylation is 1. The molecule has 0 saturated carbocycles. The summed E-state index contributed by atoms with van der Waals surface area (Å²) in [6.07, 6.45) is 3.08. The summed E-state index contributed by atoms with van der Waals surface area (Å²) in [5.41, 5.74) is 2.68. The van der Waals surface area contributed by atoms with Crippen molar-refractivity contribution in [1.82, 2.24) is 29.9 Å². The molecule has 4 rings (SSSR count). The summed E-state index contributed by atoms with van der Waals surface area (Å²) in [7, 11) is -2.29. The van der Waals surface area contributed by atoms with Crippen LogP contribution in [0.4, 0.5) is 27.5 Å². The third-order valence-electron chi connectivity index (χ3n) is 4.80. The fourth-order valence-corrected chi connectivity index (χ4v) is 4.07. The molecule has 0 saturated heterocycles. The van der Waals surface area contributed by atoms with Gasteiger partial charge >= 0.3 is 0 Å². The SMILES string of the molecule is CNS(=O)(=O)c1cc(Nc2ncc(F)c(Nc3ccc(Cc4ncn[nH]4)cc3)n2)ccc1C. The van der Waals surface area contributed by atoms with Gasteiger partial charge in [0.25, 0.3) is 0 Å². The van der Waals surface area contributed by atoms with E-state index in [-0.39, 0.29) is 16.7 Å². The molecule has 0 fully saturated rings. The Kier molecular flexibility index (Phi) is 6.29. The Hall–Kier alpha value is -3.90. The fraction of sp³-hybridized carbons (Fsp3) is 0.143. The molecule has 0 aliphatic carbocycles. The second-order valence-corrected chi connectivity index (χ2v) is 8.99. The molecule has 4 aromatic rings. The Bertz CT molecular complexity index is 1360. The lowest BCUT2D eigenvalue weighted by atomic mass is 10.1. The Balaban J connectivity index is 1.51. The van der Waals surface area contributed by atoms with Crippen molar-refractivity contribution in [2.24, 2.45) is 0 Å². The number of halogens is 1. The number of anilines is 4. The van der Waals surface area contributed by atoms with Gasteiger partial charge in [-0.15, -0.1) is 0 Å². The van der Waals surface area contributed by atoms with E-state index in [9.17, 15) is 12.8 Å². The summed E-state index contributed by atoms with van der Waals surface area (Å²) in [5.74, 6) is 0.201. The lowest BCUT2D eigenvalue weighted by Crippen LogP contribution is -2.19. The molecule has 0 aliphatic heterocycles. The summed E-state index contributed by atoms with van der Waals surface area (Å²) in [4.78, 5) is 12.4. The van der Waals surface area contributed by atoms with Crippen LogP contribution in [-0.4, -0.2) is 40.6 Å². The Morgan fingerprint density at radius 1 is 1.03 bits per heavy atom. The number of aromatic nitrogens is 5. The summed E-state index contributed by atoms with van der Waals surface area (Å²) < 4.78 is 41.0. The third-order valence-corrected chi connectivity index (χ3v) is 6.36. The molecule has 0 amide bonds. The van der Waals surface area contributed by atoms with Crippen molar-refractivity contribution in [3.8, 4) is 0 Å².